The molecule has 0 N–H and O–H groups in total. The van der Waals surface area contributed by atoms with Crippen LogP contribution in [0.5, 0.6) is 11.5 Å². The van der Waals surface area contributed by atoms with Gasteiger partial charge in [-0.2, -0.15) is 4.98 Å². The number of nitrogens with zero attached hydrogens (tertiary/aromatic N) is 3. The van der Waals surface area contributed by atoms with Crippen molar-refractivity contribution in [3.8, 4) is 22.9 Å². The normalized spacial score (nSPS) is 14.7. The molecular formula is C21H25N3O4. The summed E-state index contributed by atoms with van der Waals surface area (Å²) in [5.74, 6) is 3.40. The van der Waals surface area contributed by atoms with E-state index in [0.717, 1.165) is 17.9 Å². The zero-order valence-corrected chi connectivity index (χ0v) is 16.3. The van der Waals surface area contributed by atoms with E-state index in [9.17, 15) is 0 Å². The van der Waals surface area contributed by atoms with Gasteiger partial charge in [-0.25, -0.2) is 0 Å². The van der Waals surface area contributed by atoms with Crippen molar-refractivity contribution < 1.29 is 18.4 Å². The molecule has 2 aromatic heterocycles. The Balaban J connectivity index is 1.52. The predicted molar refractivity (Wildman–Crippen MR) is 103 cm³/mol. The van der Waals surface area contributed by atoms with E-state index in [2.05, 4.69) is 15.0 Å². The second-order valence-electron chi connectivity index (χ2n) is 7.00. The van der Waals surface area contributed by atoms with Gasteiger partial charge in [-0.3, -0.25) is 4.90 Å². The van der Waals surface area contributed by atoms with Crippen LogP contribution in [0.1, 0.15) is 37.3 Å². The van der Waals surface area contributed by atoms with Crippen molar-refractivity contribution in [2.45, 2.75) is 44.8 Å². The van der Waals surface area contributed by atoms with E-state index in [0.29, 0.717) is 35.8 Å². The molecule has 0 unspecified atom stereocenters. The van der Waals surface area contributed by atoms with E-state index in [1.807, 2.05) is 30.3 Å². The maximum atomic E-state index is 5.55. The average molecular weight is 383 g/mol. The van der Waals surface area contributed by atoms with Crippen LogP contribution in [0.4, 0.5) is 0 Å². The molecule has 0 saturated heterocycles. The second kappa shape index (κ2) is 8.48. The molecule has 0 bridgehead atoms. The van der Waals surface area contributed by atoms with Gasteiger partial charge in [-0.15, -0.1) is 0 Å². The van der Waals surface area contributed by atoms with E-state index in [-0.39, 0.29) is 0 Å². The molecule has 1 saturated carbocycles. The van der Waals surface area contributed by atoms with Crippen LogP contribution in [0.15, 0.2) is 45.5 Å². The molecule has 7 heteroatoms. The first-order valence-electron chi connectivity index (χ1n) is 9.58. The highest BCUT2D eigenvalue weighted by atomic mass is 16.5. The fraction of sp³-hybridized carbons (Fsp3) is 0.429. The number of aromatic nitrogens is 2. The molecule has 1 aromatic carbocycles. The molecule has 1 aliphatic carbocycles. The lowest BCUT2D eigenvalue weighted by Gasteiger charge is -2.26. The zero-order valence-electron chi connectivity index (χ0n) is 16.3. The lowest BCUT2D eigenvalue weighted by molar-refractivity contribution is 0.146. The number of methoxy groups -OCH3 is 2. The monoisotopic (exact) mass is 383 g/mol. The standard InChI is InChI=1S/C21H25N3O4/c1-25-18-10-9-15(12-19(18)26-2)21-22-20(28-23-21)14-24(16-6-3-4-7-16)13-17-8-5-11-27-17/h5,8-12,16H,3-4,6-7,13-14H2,1-2H3. The van der Waals surface area contributed by atoms with Crippen LogP contribution in [-0.4, -0.2) is 35.3 Å². The molecule has 3 aromatic rings. The summed E-state index contributed by atoms with van der Waals surface area (Å²) in [6.45, 7) is 1.34. The molecule has 2 heterocycles. The number of hydrogen-bond donors (Lipinski definition) is 0. The van der Waals surface area contributed by atoms with Crippen LogP contribution in [0.2, 0.25) is 0 Å². The molecule has 28 heavy (non-hydrogen) atoms. The van der Waals surface area contributed by atoms with Crippen LogP contribution in [-0.2, 0) is 13.1 Å². The molecule has 0 aliphatic heterocycles. The van der Waals surface area contributed by atoms with Crippen LogP contribution in [0, 0.1) is 0 Å². The van der Waals surface area contributed by atoms with Crippen molar-refractivity contribution in [2.24, 2.45) is 0 Å². The minimum atomic E-state index is 0.515. The van der Waals surface area contributed by atoms with Crippen molar-refractivity contribution in [2.75, 3.05) is 14.2 Å². The van der Waals surface area contributed by atoms with Gasteiger partial charge in [0.2, 0.25) is 11.7 Å². The third-order valence-corrected chi connectivity index (χ3v) is 5.23. The maximum Gasteiger partial charge on any atom is 0.241 e. The average Bonchev–Trinajstić information content (AvgIpc) is 3.49. The lowest BCUT2D eigenvalue weighted by atomic mass is 10.2. The molecule has 0 amide bonds. The van der Waals surface area contributed by atoms with Gasteiger partial charge < -0.3 is 18.4 Å². The number of ether oxygens (including phenoxy) is 2. The fourth-order valence-corrected chi connectivity index (χ4v) is 3.77. The fourth-order valence-electron chi connectivity index (χ4n) is 3.77. The van der Waals surface area contributed by atoms with Crippen molar-refractivity contribution in [1.82, 2.24) is 15.0 Å². The molecule has 0 atom stereocenters. The third-order valence-electron chi connectivity index (χ3n) is 5.23. The predicted octanol–water partition coefficient (Wildman–Crippen LogP) is 4.29. The Morgan fingerprint density at radius 1 is 1.07 bits per heavy atom. The summed E-state index contributed by atoms with van der Waals surface area (Å²) in [4.78, 5) is 6.98. The highest BCUT2D eigenvalue weighted by Gasteiger charge is 2.25. The zero-order chi connectivity index (χ0) is 19.3. The van der Waals surface area contributed by atoms with Crippen molar-refractivity contribution in [3.05, 3.63) is 48.2 Å². The van der Waals surface area contributed by atoms with Crippen molar-refractivity contribution in [3.63, 3.8) is 0 Å². The number of benzene rings is 1. The van der Waals surface area contributed by atoms with Crippen molar-refractivity contribution >= 4 is 0 Å². The van der Waals surface area contributed by atoms with Gasteiger partial charge in [0.05, 0.1) is 33.6 Å². The van der Waals surface area contributed by atoms with Crippen LogP contribution in [0.25, 0.3) is 11.4 Å². The minimum absolute atomic E-state index is 0.515. The molecule has 1 fully saturated rings. The largest absolute Gasteiger partial charge is 0.493 e. The molecule has 148 valence electrons. The smallest absolute Gasteiger partial charge is 0.241 e. The summed E-state index contributed by atoms with van der Waals surface area (Å²) in [5, 5.41) is 4.16. The highest BCUT2D eigenvalue weighted by Crippen LogP contribution is 2.31. The maximum absolute atomic E-state index is 5.55. The summed E-state index contributed by atoms with van der Waals surface area (Å²) in [6, 6.07) is 10.0. The first kappa shape index (κ1) is 18.6. The van der Waals surface area contributed by atoms with Crippen LogP contribution >= 0.6 is 0 Å². The van der Waals surface area contributed by atoms with Gasteiger partial charge in [0.15, 0.2) is 11.5 Å². The Bertz CT molecular complexity index is 885. The molecular weight excluding hydrogens is 358 g/mol. The summed E-state index contributed by atoms with van der Waals surface area (Å²) in [7, 11) is 3.22. The van der Waals surface area contributed by atoms with Gasteiger partial charge in [0.1, 0.15) is 5.76 Å². The minimum Gasteiger partial charge on any atom is -0.493 e. The highest BCUT2D eigenvalue weighted by molar-refractivity contribution is 5.60. The van der Waals surface area contributed by atoms with E-state index < -0.39 is 0 Å². The van der Waals surface area contributed by atoms with Gasteiger partial charge in [0, 0.05) is 11.6 Å². The van der Waals surface area contributed by atoms with E-state index in [1.165, 1.54) is 25.7 Å². The van der Waals surface area contributed by atoms with Crippen LogP contribution < -0.4 is 9.47 Å². The first-order chi connectivity index (χ1) is 13.8. The first-order valence-corrected chi connectivity index (χ1v) is 9.58. The van der Waals surface area contributed by atoms with E-state index in [4.69, 9.17) is 18.4 Å². The number of rotatable bonds is 8. The molecule has 0 radical (unpaired) electrons. The Kier molecular flexibility index (Phi) is 5.62. The molecule has 0 spiro atoms. The van der Waals surface area contributed by atoms with Crippen molar-refractivity contribution in [1.29, 1.82) is 0 Å². The topological polar surface area (TPSA) is 73.8 Å². The summed E-state index contributed by atoms with van der Waals surface area (Å²) >= 11 is 0. The lowest BCUT2D eigenvalue weighted by Crippen LogP contribution is -2.32. The Labute approximate surface area is 164 Å². The van der Waals surface area contributed by atoms with Crippen LogP contribution in [0.3, 0.4) is 0 Å². The molecule has 7 nitrogen and oxygen atoms in total. The van der Waals surface area contributed by atoms with Gasteiger partial charge >= 0.3 is 0 Å². The quantitative estimate of drug-likeness (QED) is 0.574. The second-order valence-corrected chi connectivity index (χ2v) is 7.00. The Morgan fingerprint density at radius 2 is 1.89 bits per heavy atom. The Morgan fingerprint density at radius 3 is 2.61 bits per heavy atom. The van der Waals surface area contributed by atoms with Gasteiger partial charge in [0.25, 0.3) is 0 Å². The van der Waals surface area contributed by atoms with Gasteiger partial charge in [-0.1, -0.05) is 18.0 Å². The molecule has 1 aliphatic rings. The summed E-state index contributed by atoms with van der Waals surface area (Å²) in [6.07, 6.45) is 6.62. The van der Waals surface area contributed by atoms with E-state index in [1.54, 1.807) is 20.5 Å². The SMILES string of the molecule is COc1ccc(-c2noc(CN(Cc3ccco3)C3CCCC3)n2)cc1OC. The Hall–Kier alpha value is -2.80. The van der Waals surface area contributed by atoms with E-state index >= 15 is 0 Å². The van der Waals surface area contributed by atoms with Gasteiger partial charge in [-0.05, 0) is 43.2 Å². The third kappa shape index (κ3) is 4.04. The molecule has 4 rings (SSSR count). The summed E-state index contributed by atoms with van der Waals surface area (Å²) < 4.78 is 21.8. The summed E-state index contributed by atoms with van der Waals surface area (Å²) in [5.41, 5.74) is 0.825. The number of furan rings is 1. The number of hydrogen-bond acceptors (Lipinski definition) is 7.